The van der Waals surface area contributed by atoms with Gasteiger partial charge in [-0.15, -0.1) is 0 Å². The zero-order chi connectivity index (χ0) is 21.8. The minimum Gasteiger partial charge on any atom is -0.355 e. The van der Waals surface area contributed by atoms with Crippen molar-refractivity contribution in [3.63, 3.8) is 0 Å². The molecule has 0 bridgehead atoms. The second kappa shape index (κ2) is 7.49. The first-order valence-electron chi connectivity index (χ1n) is 10.7. The van der Waals surface area contributed by atoms with E-state index in [0.717, 1.165) is 30.2 Å². The Hall–Kier alpha value is -3.11. The van der Waals surface area contributed by atoms with Crippen LogP contribution in [0.25, 0.3) is 21.3 Å². The molecule has 8 nitrogen and oxygen atoms in total. The lowest BCUT2D eigenvalue weighted by molar-refractivity contribution is 0.102. The van der Waals surface area contributed by atoms with Crippen molar-refractivity contribution in [2.24, 2.45) is 7.05 Å². The van der Waals surface area contributed by atoms with E-state index in [9.17, 15) is 9.18 Å². The number of anilines is 2. The number of carbonyl (C=O) groups excluding carboxylic acids is 1. The Morgan fingerprint density at radius 1 is 1.22 bits per heavy atom. The molecular weight excluding hydrogens is 429 g/mol. The molecular formula is C22H22FN7OS. The largest absolute Gasteiger partial charge is 0.355 e. The third-order valence-corrected chi connectivity index (χ3v) is 7.23. The van der Waals surface area contributed by atoms with Gasteiger partial charge in [0.2, 0.25) is 0 Å². The second-order valence-electron chi connectivity index (χ2n) is 8.44. The summed E-state index contributed by atoms with van der Waals surface area (Å²) in [4.78, 5) is 27.6. The van der Waals surface area contributed by atoms with Crippen LogP contribution in [-0.2, 0) is 7.05 Å². The van der Waals surface area contributed by atoms with Crippen molar-refractivity contribution in [1.82, 2.24) is 24.6 Å². The number of fused-ring (bicyclic) bond motifs is 2. The zero-order valence-electron chi connectivity index (χ0n) is 17.6. The van der Waals surface area contributed by atoms with Crippen LogP contribution in [0, 0.1) is 5.82 Å². The van der Waals surface area contributed by atoms with Crippen molar-refractivity contribution in [2.45, 2.75) is 18.9 Å². The number of rotatable bonds is 4. The summed E-state index contributed by atoms with van der Waals surface area (Å²) >= 11 is 1.25. The number of aromatic nitrogens is 4. The standard InChI is InChI=1S/C22H22FN7OS/c1-28-11-13-9-14(10-16(23)19(13)27-28)24-20(31)22-25-17-3-4-18(26-21(17)32-22)30-8-5-15(12-30)29-6-2-7-29/h3-4,9-11,15H,2,5-8,12H2,1H3,(H,24,31)/t15-/m0/s1. The first-order chi connectivity index (χ1) is 15.5. The molecule has 5 heterocycles. The van der Waals surface area contributed by atoms with Gasteiger partial charge in [0, 0.05) is 43.4 Å². The average Bonchev–Trinajstić information content (AvgIpc) is 3.43. The van der Waals surface area contributed by atoms with Crippen molar-refractivity contribution in [3.8, 4) is 0 Å². The van der Waals surface area contributed by atoms with Crippen molar-refractivity contribution < 1.29 is 9.18 Å². The summed E-state index contributed by atoms with van der Waals surface area (Å²) in [5.41, 5.74) is 1.34. The van der Waals surface area contributed by atoms with Crippen molar-refractivity contribution in [2.75, 3.05) is 36.4 Å². The molecule has 0 radical (unpaired) electrons. The second-order valence-corrected chi connectivity index (χ2v) is 9.42. The van der Waals surface area contributed by atoms with Crippen molar-refractivity contribution in [3.05, 3.63) is 41.3 Å². The number of aryl methyl sites for hydroxylation is 1. The van der Waals surface area contributed by atoms with E-state index in [2.05, 4.69) is 25.2 Å². The Balaban J connectivity index is 1.21. The lowest BCUT2D eigenvalue weighted by atomic mass is 10.1. The van der Waals surface area contributed by atoms with Crippen LogP contribution in [0.2, 0.25) is 0 Å². The molecule has 3 aromatic heterocycles. The number of hydrogen-bond donors (Lipinski definition) is 1. The summed E-state index contributed by atoms with van der Waals surface area (Å²) in [6.07, 6.45) is 4.17. The Morgan fingerprint density at radius 2 is 2.09 bits per heavy atom. The fourth-order valence-electron chi connectivity index (χ4n) is 4.50. The first-order valence-corrected chi connectivity index (χ1v) is 11.6. The fourth-order valence-corrected chi connectivity index (χ4v) is 5.33. The molecule has 2 fully saturated rings. The third kappa shape index (κ3) is 3.39. The van der Waals surface area contributed by atoms with E-state index >= 15 is 0 Å². The molecule has 1 atom stereocenters. The number of carbonyl (C=O) groups is 1. The molecule has 0 aliphatic carbocycles. The van der Waals surface area contributed by atoms with Crippen LogP contribution >= 0.6 is 11.3 Å². The summed E-state index contributed by atoms with van der Waals surface area (Å²) in [6, 6.07) is 7.49. The van der Waals surface area contributed by atoms with Gasteiger partial charge in [0.15, 0.2) is 10.8 Å². The van der Waals surface area contributed by atoms with E-state index in [-0.39, 0.29) is 11.4 Å². The average molecular weight is 452 g/mol. The highest BCUT2D eigenvalue weighted by Crippen LogP contribution is 2.29. The van der Waals surface area contributed by atoms with Crippen LogP contribution in [0.3, 0.4) is 0 Å². The van der Waals surface area contributed by atoms with Gasteiger partial charge in [0.25, 0.3) is 5.91 Å². The summed E-state index contributed by atoms with van der Waals surface area (Å²) in [5, 5.41) is 7.76. The first kappa shape index (κ1) is 19.6. The Kier molecular flexibility index (Phi) is 4.58. The van der Waals surface area contributed by atoms with Gasteiger partial charge in [-0.2, -0.15) is 5.10 Å². The molecule has 32 heavy (non-hydrogen) atoms. The molecule has 0 saturated carbocycles. The van der Waals surface area contributed by atoms with E-state index in [0.29, 0.717) is 27.6 Å². The Bertz CT molecular complexity index is 1350. The molecule has 2 aliphatic heterocycles. The molecule has 1 amide bonds. The molecule has 1 aromatic carbocycles. The highest BCUT2D eigenvalue weighted by Gasteiger charge is 2.31. The van der Waals surface area contributed by atoms with Gasteiger partial charge < -0.3 is 10.2 Å². The van der Waals surface area contributed by atoms with Crippen LogP contribution in [0.4, 0.5) is 15.9 Å². The van der Waals surface area contributed by atoms with Crippen LogP contribution in [0.5, 0.6) is 0 Å². The molecule has 164 valence electrons. The lowest BCUT2D eigenvalue weighted by Crippen LogP contribution is -2.46. The number of pyridine rings is 1. The van der Waals surface area contributed by atoms with E-state index in [1.807, 2.05) is 12.1 Å². The van der Waals surface area contributed by atoms with Gasteiger partial charge in [-0.05, 0) is 50.2 Å². The molecule has 2 aliphatic rings. The smallest absolute Gasteiger partial charge is 0.284 e. The molecule has 0 unspecified atom stereocenters. The molecule has 0 spiro atoms. The van der Waals surface area contributed by atoms with E-state index in [1.165, 1.54) is 36.9 Å². The minimum absolute atomic E-state index is 0.278. The normalized spacial score (nSPS) is 19.1. The number of nitrogens with zero attached hydrogens (tertiary/aromatic N) is 6. The maximum Gasteiger partial charge on any atom is 0.284 e. The van der Waals surface area contributed by atoms with Crippen molar-refractivity contribution >= 4 is 50.0 Å². The van der Waals surface area contributed by atoms with Gasteiger partial charge in [-0.25, -0.2) is 14.4 Å². The van der Waals surface area contributed by atoms with Crippen LogP contribution in [0.15, 0.2) is 30.5 Å². The van der Waals surface area contributed by atoms with Crippen LogP contribution in [-0.4, -0.2) is 62.8 Å². The number of hydrogen-bond acceptors (Lipinski definition) is 7. The van der Waals surface area contributed by atoms with Gasteiger partial charge >= 0.3 is 0 Å². The SMILES string of the molecule is Cn1cc2cc(NC(=O)c3nc4ccc(N5CC[C@H](N6CCC6)C5)nc4s3)cc(F)c2n1. The van der Waals surface area contributed by atoms with E-state index in [1.54, 1.807) is 24.0 Å². The summed E-state index contributed by atoms with van der Waals surface area (Å²) in [7, 11) is 1.73. The Morgan fingerprint density at radius 3 is 2.91 bits per heavy atom. The fraction of sp³-hybridized carbons (Fsp3) is 0.364. The van der Waals surface area contributed by atoms with Crippen LogP contribution < -0.4 is 10.2 Å². The number of benzene rings is 1. The molecule has 10 heteroatoms. The highest BCUT2D eigenvalue weighted by atomic mass is 32.1. The summed E-state index contributed by atoms with van der Waals surface area (Å²) in [5.74, 6) is 0.0765. The number of halogens is 1. The maximum absolute atomic E-state index is 14.3. The molecule has 2 saturated heterocycles. The Labute approximate surface area is 187 Å². The summed E-state index contributed by atoms with van der Waals surface area (Å²) < 4.78 is 15.9. The predicted octanol–water partition coefficient (Wildman–Crippen LogP) is 3.25. The third-order valence-electron chi connectivity index (χ3n) is 6.26. The highest BCUT2D eigenvalue weighted by molar-refractivity contribution is 7.20. The van der Waals surface area contributed by atoms with Gasteiger partial charge in [-0.1, -0.05) is 11.3 Å². The molecule has 6 rings (SSSR count). The predicted molar refractivity (Wildman–Crippen MR) is 123 cm³/mol. The van der Waals surface area contributed by atoms with Crippen molar-refractivity contribution in [1.29, 1.82) is 0 Å². The summed E-state index contributed by atoms with van der Waals surface area (Å²) in [6.45, 7) is 4.40. The molecule has 1 N–H and O–H groups in total. The number of likely N-dealkylation sites (tertiary alicyclic amines) is 1. The monoisotopic (exact) mass is 451 g/mol. The van der Waals surface area contributed by atoms with E-state index in [4.69, 9.17) is 4.98 Å². The minimum atomic E-state index is -0.476. The maximum atomic E-state index is 14.3. The topological polar surface area (TPSA) is 79.2 Å². The van der Waals surface area contributed by atoms with Gasteiger partial charge in [0.05, 0.1) is 0 Å². The molecule has 4 aromatic rings. The van der Waals surface area contributed by atoms with Gasteiger partial charge in [-0.3, -0.25) is 14.4 Å². The number of amides is 1. The quantitative estimate of drug-likeness (QED) is 0.513. The lowest BCUT2D eigenvalue weighted by Gasteiger charge is -2.36. The number of thiazole rings is 1. The van der Waals surface area contributed by atoms with Gasteiger partial charge in [0.1, 0.15) is 21.7 Å². The zero-order valence-corrected chi connectivity index (χ0v) is 18.4. The van der Waals surface area contributed by atoms with E-state index < -0.39 is 5.82 Å². The number of nitrogens with one attached hydrogen (secondary N) is 1. The van der Waals surface area contributed by atoms with Crippen LogP contribution in [0.1, 0.15) is 22.6 Å².